The Hall–Kier alpha value is -1.77. The van der Waals surface area contributed by atoms with Gasteiger partial charge in [-0.2, -0.15) is 0 Å². The number of aromatic nitrogens is 2. The second kappa shape index (κ2) is 5.79. The van der Waals surface area contributed by atoms with Crippen LogP contribution < -0.4 is 10.9 Å². The van der Waals surface area contributed by atoms with Crippen molar-refractivity contribution in [3.8, 4) is 0 Å². The summed E-state index contributed by atoms with van der Waals surface area (Å²) in [6.45, 7) is 3.91. The zero-order chi connectivity index (χ0) is 15.9. The molecule has 1 amide bonds. The molecule has 0 saturated carbocycles. The number of benzene rings is 1. The second-order valence-electron chi connectivity index (χ2n) is 4.50. The minimum absolute atomic E-state index is 0.262. The van der Waals surface area contributed by atoms with E-state index in [-0.39, 0.29) is 11.5 Å². The van der Waals surface area contributed by atoms with Gasteiger partial charge in [0.15, 0.2) is 3.95 Å². The van der Waals surface area contributed by atoms with Crippen molar-refractivity contribution in [1.82, 2.24) is 14.7 Å². The third-order valence-corrected chi connectivity index (χ3v) is 4.97. The van der Waals surface area contributed by atoms with E-state index in [2.05, 4.69) is 32.8 Å². The lowest BCUT2D eigenvalue weighted by Crippen LogP contribution is -2.23. The van der Waals surface area contributed by atoms with Gasteiger partial charge in [-0.05, 0) is 30.4 Å². The van der Waals surface area contributed by atoms with E-state index < -0.39 is 0 Å². The summed E-state index contributed by atoms with van der Waals surface area (Å²) in [5, 5.41) is 3.20. The molecular weight excluding hydrogens is 386 g/mol. The number of aromatic amines is 1. The molecule has 0 aliphatic heterocycles. The molecule has 0 atom stereocenters. The number of hydrogen-bond donors (Lipinski definition) is 2. The Morgan fingerprint density at radius 1 is 1.55 bits per heavy atom. The summed E-state index contributed by atoms with van der Waals surface area (Å²) in [5.74, 6) is -0.286. The van der Waals surface area contributed by atoms with E-state index in [1.54, 1.807) is 22.6 Å². The molecule has 3 rings (SSSR count). The van der Waals surface area contributed by atoms with Crippen LogP contribution in [0.1, 0.15) is 9.67 Å². The molecule has 0 saturated heterocycles. The van der Waals surface area contributed by atoms with Gasteiger partial charge in [0.1, 0.15) is 10.5 Å². The molecule has 0 radical (unpaired) electrons. The number of thiazole rings is 1. The van der Waals surface area contributed by atoms with Crippen molar-refractivity contribution in [3.05, 3.63) is 54.5 Å². The number of amides is 1. The lowest BCUT2D eigenvalue weighted by molar-refractivity contribution is 0.0963. The van der Waals surface area contributed by atoms with E-state index in [0.29, 0.717) is 31.9 Å². The number of rotatable bonds is 3. The van der Waals surface area contributed by atoms with Crippen LogP contribution in [0.2, 0.25) is 0 Å². The minimum atomic E-state index is -0.286. The van der Waals surface area contributed by atoms with Gasteiger partial charge in [-0.3, -0.25) is 14.0 Å². The Morgan fingerprint density at radius 3 is 3.05 bits per heavy atom. The predicted octanol–water partition coefficient (Wildman–Crippen LogP) is 3.25. The van der Waals surface area contributed by atoms with Gasteiger partial charge in [-0.25, -0.2) is 0 Å². The molecule has 0 unspecified atom stereocenters. The van der Waals surface area contributed by atoms with Crippen molar-refractivity contribution >= 4 is 61.9 Å². The summed E-state index contributed by atoms with van der Waals surface area (Å²) in [5.41, 5.74) is 0.823. The zero-order valence-electron chi connectivity index (χ0n) is 11.2. The van der Waals surface area contributed by atoms with Crippen LogP contribution in [0.3, 0.4) is 0 Å². The summed E-state index contributed by atoms with van der Waals surface area (Å²) in [6.07, 6.45) is 1.59. The van der Waals surface area contributed by atoms with Crippen LogP contribution in [-0.4, -0.2) is 21.8 Å². The van der Waals surface area contributed by atoms with Gasteiger partial charge in [0.25, 0.3) is 11.5 Å². The first-order valence-electron chi connectivity index (χ1n) is 6.29. The Bertz CT molecular complexity index is 1030. The van der Waals surface area contributed by atoms with Crippen molar-refractivity contribution in [3.63, 3.8) is 0 Å². The van der Waals surface area contributed by atoms with Crippen molar-refractivity contribution < 1.29 is 4.79 Å². The van der Waals surface area contributed by atoms with Gasteiger partial charge < -0.3 is 10.3 Å². The van der Waals surface area contributed by atoms with Gasteiger partial charge in [-0.15, -0.1) is 6.58 Å². The number of nitrogens with one attached hydrogen (secondary N) is 2. The van der Waals surface area contributed by atoms with Gasteiger partial charge in [0.05, 0.1) is 10.9 Å². The third-order valence-electron chi connectivity index (χ3n) is 3.10. The number of carbonyl (C=O) groups is 1. The third kappa shape index (κ3) is 2.43. The standard InChI is InChI=1S/C14H10BrN3O2S2/c1-2-5-16-13(20)10-11-17-12(19)8-6-7(15)3-4-9(8)18(11)14(21)22-10/h2-4,6H,1,5H2,(H,16,20)(H,17,19). The molecule has 3 aromatic rings. The second-order valence-corrected chi connectivity index (χ2v) is 7.06. The molecule has 0 fully saturated rings. The maximum absolute atomic E-state index is 12.3. The lowest BCUT2D eigenvalue weighted by atomic mass is 10.2. The zero-order valence-corrected chi connectivity index (χ0v) is 14.4. The molecule has 2 N–H and O–H groups in total. The highest BCUT2D eigenvalue weighted by molar-refractivity contribution is 9.10. The van der Waals surface area contributed by atoms with Crippen LogP contribution in [0.4, 0.5) is 0 Å². The van der Waals surface area contributed by atoms with Crippen LogP contribution in [0.5, 0.6) is 0 Å². The summed E-state index contributed by atoms with van der Waals surface area (Å²) in [7, 11) is 0. The van der Waals surface area contributed by atoms with Crippen LogP contribution in [0.15, 0.2) is 40.1 Å². The Balaban J connectivity index is 2.36. The fraction of sp³-hybridized carbons (Fsp3) is 0.0714. The van der Waals surface area contributed by atoms with E-state index in [4.69, 9.17) is 12.2 Å². The molecule has 0 bridgehead atoms. The SMILES string of the molecule is C=CCNC(=O)c1sc(=S)n2c1[nH]c(=O)c1cc(Br)ccc12. The topological polar surface area (TPSA) is 66.4 Å². The largest absolute Gasteiger partial charge is 0.348 e. The number of halogens is 1. The number of fused-ring (bicyclic) bond motifs is 3. The molecule has 112 valence electrons. The molecule has 2 heterocycles. The van der Waals surface area contributed by atoms with Crippen molar-refractivity contribution in [2.75, 3.05) is 6.54 Å². The molecule has 8 heteroatoms. The number of H-pyrrole nitrogens is 1. The minimum Gasteiger partial charge on any atom is -0.348 e. The van der Waals surface area contributed by atoms with Gasteiger partial charge in [0.2, 0.25) is 0 Å². The Kier molecular flexibility index (Phi) is 3.98. The molecule has 0 aliphatic carbocycles. The first-order chi connectivity index (χ1) is 10.5. The molecule has 2 aromatic heterocycles. The van der Waals surface area contributed by atoms with Crippen LogP contribution in [0.25, 0.3) is 16.6 Å². The van der Waals surface area contributed by atoms with E-state index in [1.165, 1.54) is 0 Å². The Labute approximate surface area is 142 Å². The molecule has 5 nitrogen and oxygen atoms in total. The first-order valence-corrected chi connectivity index (χ1v) is 8.31. The maximum Gasteiger partial charge on any atom is 0.265 e. The average molecular weight is 396 g/mol. The van der Waals surface area contributed by atoms with Crippen molar-refractivity contribution in [2.24, 2.45) is 0 Å². The molecular formula is C14H10BrN3O2S2. The maximum atomic E-state index is 12.3. The number of hydrogen-bond acceptors (Lipinski definition) is 4. The van der Waals surface area contributed by atoms with Crippen molar-refractivity contribution in [2.45, 2.75) is 0 Å². The van der Waals surface area contributed by atoms with Gasteiger partial charge in [0, 0.05) is 11.0 Å². The van der Waals surface area contributed by atoms with Crippen LogP contribution >= 0.6 is 39.5 Å². The fourth-order valence-electron chi connectivity index (χ4n) is 2.16. The van der Waals surface area contributed by atoms with E-state index in [1.807, 2.05) is 6.07 Å². The van der Waals surface area contributed by atoms with Crippen LogP contribution in [-0.2, 0) is 0 Å². The summed E-state index contributed by atoms with van der Waals surface area (Å²) in [4.78, 5) is 27.6. The fourth-order valence-corrected chi connectivity index (χ4v) is 3.82. The number of carbonyl (C=O) groups excluding carboxylic acids is 1. The van der Waals surface area contributed by atoms with E-state index in [0.717, 1.165) is 15.8 Å². The highest BCUT2D eigenvalue weighted by Gasteiger charge is 2.17. The average Bonchev–Trinajstić information content (AvgIpc) is 2.82. The summed E-state index contributed by atoms with van der Waals surface area (Å²) >= 11 is 9.87. The van der Waals surface area contributed by atoms with Crippen LogP contribution in [0, 0.1) is 3.95 Å². The highest BCUT2D eigenvalue weighted by atomic mass is 79.9. The molecule has 0 spiro atoms. The molecule has 1 aromatic carbocycles. The van der Waals surface area contributed by atoms with E-state index >= 15 is 0 Å². The molecule has 0 aliphatic rings. The normalized spacial score (nSPS) is 11.0. The smallest absolute Gasteiger partial charge is 0.265 e. The summed E-state index contributed by atoms with van der Waals surface area (Å²) in [6, 6.07) is 5.36. The lowest BCUT2D eigenvalue weighted by Gasteiger charge is -2.04. The predicted molar refractivity (Wildman–Crippen MR) is 94.5 cm³/mol. The first kappa shape index (κ1) is 15.1. The van der Waals surface area contributed by atoms with Gasteiger partial charge >= 0.3 is 0 Å². The van der Waals surface area contributed by atoms with Gasteiger partial charge in [-0.1, -0.05) is 33.3 Å². The monoisotopic (exact) mass is 395 g/mol. The van der Waals surface area contributed by atoms with E-state index in [9.17, 15) is 9.59 Å². The molecule has 22 heavy (non-hydrogen) atoms. The van der Waals surface area contributed by atoms with Crippen molar-refractivity contribution in [1.29, 1.82) is 0 Å². The summed E-state index contributed by atoms with van der Waals surface area (Å²) < 4.78 is 3.02. The number of nitrogens with zero attached hydrogens (tertiary/aromatic N) is 1. The Morgan fingerprint density at radius 2 is 2.32 bits per heavy atom. The highest BCUT2D eigenvalue weighted by Crippen LogP contribution is 2.24. The quantitative estimate of drug-likeness (QED) is 0.528.